The minimum atomic E-state index is 0.605. The van der Waals surface area contributed by atoms with Crippen molar-refractivity contribution in [1.29, 1.82) is 0 Å². The SMILES string of the molecule is c1ccc(-c2nc(-c3ccc4c(ccc5ccc6c(ccc7oc8ccccc8c76)c54)c3)nc(-c3ccc4sc5ccccc5c4c3)n2)cc1.c1ccc(-c2nc(-c3ccc4c(ccc5ccc6cc7c(cc6c54)sc4ccccc47)c3)nc(-c3ccc4c(c3)oc3ccccc34)n2)cc1.c1ccc(-c2nc(-c3ccccc3)nc(-c3ccc4c(ccc5c4c4ccccc4c4sc6ccccc6c54)c3)n2)cc1. The molecule has 0 aliphatic carbocycles. The third-order valence-electron chi connectivity index (χ3n) is 28.1. The van der Waals surface area contributed by atoms with Crippen LogP contribution in [0.25, 0.3) is 304 Å². The van der Waals surface area contributed by atoms with Crippen molar-refractivity contribution in [3.8, 4) is 102 Å². The number of para-hydroxylation sites is 2. The Morgan fingerprint density at radius 2 is 0.448 bits per heavy atom. The minimum absolute atomic E-state index is 0.605. The minimum Gasteiger partial charge on any atom is -0.456 e. The maximum Gasteiger partial charge on any atom is 0.164 e. The largest absolute Gasteiger partial charge is 0.456 e. The van der Waals surface area contributed by atoms with Gasteiger partial charge in [-0.25, -0.2) is 44.9 Å². The molecule has 664 valence electrons. The van der Waals surface area contributed by atoms with Crippen molar-refractivity contribution in [3.63, 3.8) is 0 Å². The van der Waals surface area contributed by atoms with Crippen LogP contribution in [0, 0.1) is 0 Å². The highest BCUT2D eigenvalue weighted by atomic mass is 32.1. The number of nitrogens with zero attached hydrogens (tertiary/aromatic N) is 9. The first-order valence-electron chi connectivity index (χ1n) is 47.7. The van der Waals surface area contributed by atoms with E-state index in [2.05, 4.69) is 297 Å². The lowest BCUT2D eigenvalue weighted by Crippen LogP contribution is -2.00. The fourth-order valence-electron chi connectivity index (χ4n) is 21.3. The van der Waals surface area contributed by atoms with Crippen molar-refractivity contribution in [2.45, 2.75) is 0 Å². The maximum atomic E-state index is 6.23. The summed E-state index contributed by atoms with van der Waals surface area (Å²) in [6, 6.07) is 156. The topological polar surface area (TPSA) is 142 Å². The Morgan fingerprint density at radius 3 is 0.979 bits per heavy atom. The van der Waals surface area contributed by atoms with Crippen LogP contribution in [0.5, 0.6) is 0 Å². The fourth-order valence-corrected chi connectivity index (χ4v) is 24.8. The zero-order valence-electron chi connectivity index (χ0n) is 76.2. The summed E-state index contributed by atoms with van der Waals surface area (Å²) in [5, 5.41) is 34.4. The Balaban J connectivity index is 0.000000103. The molecule has 0 saturated carbocycles. The van der Waals surface area contributed by atoms with Crippen LogP contribution < -0.4 is 0 Å². The Labute approximate surface area is 828 Å². The first kappa shape index (κ1) is 81.8. The molecule has 31 aromatic rings. The highest BCUT2D eigenvalue weighted by Gasteiger charge is 2.24. The van der Waals surface area contributed by atoms with E-state index in [1.54, 1.807) is 0 Å². The molecule has 0 N–H and O–H groups in total. The monoisotopic (exact) mass is 1880 g/mol. The number of rotatable bonds is 9. The van der Waals surface area contributed by atoms with Crippen LogP contribution in [0.2, 0.25) is 0 Å². The van der Waals surface area contributed by atoms with E-state index in [0.717, 1.165) is 110 Å². The molecule has 8 heterocycles. The van der Waals surface area contributed by atoms with Crippen molar-refractivity contribution < 1.29 is 8.83 Å². The zero-order chi connectivity index (χ0) is 93.8. The average molecular weight is 1880 g/mol. The van der Waals surface area contributed by atoms with E-state index in [9.17, 15) is 0 Å². The van der Waals surface area contributed by atoms with Crippen molar-refractivity contribution in [2.24, 2.45) is 0 Å². The van der Waals surface area contributed by atoms with Crippen LogP contribution in [0.15, 0.2) is 452 Å². The number of benzene rings is 23. The predicted octanol–water partition coefficient (Wildman–Crippen LogP) is 35.9. The van der Waals surface area contributed by atoms with E-state index >= 15 is 0 Å². The van der Waals surface area contributed by atoms with Crippen molar-refractivity contribution >= 4 is 235 Å². The first-order chi connectivity index (χ1) is 70.8. The molecule has 23 aromatic carbocycles. The lowest BCUT2D eigenvalue weighted by molar-refractivity contribution is 0.668. The predicted molar refractivity (Wildman–Crippen MR) is 599 cm³/mol. The third kappa shape index (κ3) is 13.9. The van der Waals surface area contributed by atoms with Gasteiger partial charge in [-0.05, 0) is 195 Å². The number of furan rings is 2. The molecule has 11 nitrogen and oxygen atoms in total. The van der Waals surface area contributed by atoms with Crippen LogP contribution in [0.3, 0.4) is 0 Å². The van der Waals surface area contributed by atoms with Gasteiger partial charge in [0.05, 0.1) is 0 Å². The lowest BCUT2D eigenvalue weighted by atomic mass is 9.92. The quantitative estimate of drug-likeness (QED) is 0.127. The van der Waals surface area contributed by atoms with Gasteiger partial charge in [0.25, 0.3) is 0 Å². The molecular formula is C129H73N9O2S3. The van der Waals surface area contributed by atoms with E-state index in [1.165, 1.54) is 141 Å². The Kier molecular flexibility index (Phi) is 19.0. The van der Waals surface area contributed by atoms with Crippen molar-refractivity contribution in [1.82, 2.24) is 44.9 Å². The molecule has 0 unspecified atom stereocenters. The molecule has 8 aromatic heterocycles. The molecule has 0 aliphatic rings. The van der Waals surface area contributed by atoms with Crippen LogP contribution in [-0.4, -0.2) is 44.9 Å². The second-order valence-corrected chi connectivity index (χ2v) is 39.6. The van der Waals surface area contributed by atoms with Crippen LogP contribution in [0.4, 0.5) is 0 Å². The molecule has 0 atom stereocenters. The Morgan fingerprint density at radius 1 is 0.133 bits per heavy atom. The van der Waals surface area contributed by atoms with Crippen LogP contribution >= 0.6 is 34.0 Å². The number of fused-ring (bicyclic) bond motifs is 33. The second kappa shape index (κ2) is 33.2. The maximum absolute atomic E-state index is 6.23. The van der Waals surface area contributed by atoms with Gasteiger partial charge in [0.15, 0.2) is 52.4 Å². The van der Waals surface area contributed by atoms with Crippen molar-refractivity contribution in [2.75, 3.05) is 0 Å². The highest BCUT2D eigenvalue weighted by molar-refractivity contribution is 7.27. The van der Waals surface area contributed by atoms with E-state index in [0.29, 0.717) is 52.4 Å². The summed E-state index contributed by atoms with van der Waals surface area (Å²) in [5.74, 6) is 5.83. The third-order valence-corrected chi connectivity index (χ3v) is 31.5. The van der Waals surface area contributed by atoms with Gasteiger partial charge in [-0.3, -0.25) is 0 Å². The summed E-state index contributed by atoms with van der Waals surface area (Å²) in [4.78, 5) is 45.1. The standard InChI is InChI=1S/2C45H25N3OS.C39H23N3S/c1-2-8-27(9-3-1)43-46-44(48-45(47-43)30-18-23-40-36(25-30)32-10-5-7-13-39(32)50-40)29-17-19-31-28(24-29)15-14-26-16-20-34-33(41(26)31)21-22-38-42(34)35-11-4-6-12-37(35)49-38;1-2-8-27(9-3-1)43-46-44(48-45(47-43)31-19-21-34-33-10-4-6-12-38(33)49-39(34)24-31)30-18-20-32-28(22-30)16-14-26-15-17-29-23-37-35-11-5-7-13-40(35)50-41(37)25-36(29)42(26)32;1-3-11-24(12-4-1)37-40-38(25-13-5-2-6-14-25)42-39(41-37)27-20-21-28-26(23-27)19-22-32-34(28)29-15-7-8-16-30(29)36-35(32)31-17-9-10-18-33(31)43-36/h2*1-25H;1-23H. The smallest absolute Gasteiger partial charge is 0.164 e. The molecule has 0 radical (unpaired) electrons. The van der Waals surface area contributed by atoms with Gasteiger partial charge >= 0.3 is 0 Å². The molecule has 143 heavy (non-hydrogen) atoms. The molecule has 0 bridgehead atoms. The summed E-state index contributed by atoms with van der Waals surface area (Å²) in [6.07, 6.45) is 0. The zero-order valence-corrected chi connectivity index (χ0v) is 78.7. The average Bonchev–Trinajstić information content (AvgIpc) is 1.64. The molecule has 0 saturated heterocycles. The summed E-state index contributed by atoms with van der Waals surface area (Å²) >= 11 is 5.56. The summed E-state index contributed by atoms with van der Waals surface area (Å²) in [6.45, 7) is 0. The molecular weight excluding hydrogens is 1800 g/mol. The fraction of sp³-hybridized carbons (Fsp3) is 0. The number of hydrogen-bond donors (Lipinski definition) is 0. The number of thiophene rings is 3. The van der Waals surface area contributed by atoms with E-state index < -0.39 is 0 Å². The molecule has 0 spiro atoms. The van der Waals surface area contributed by atoms with Gasteiger partial charge in [-0.2, -0.15) is 0 Å². The number of aromatic nitrogens is 9. The van der Waals surface area contributed by atoms with E-state index in [1.807, 2.05) is 180 Å². The first-order valence-corrected chi connectivity index (χ1v) is 50.2. The summed E-state index contributed by atoms with van der Waals surface area (Å²) in [7, 11) is 0. The van der Waals surface area contributed by atoms with Gasteiger partial charge < -0.3 is 8.83 Å². The Hall–Kier alpha value is -18.3. The van der Waals surface area contributed by atoms with Crippen LogP contribution in [0.1, 0.15) is 0 Å². The van der Waals surface area contributed by atoms with Gasteiger partial charge in [0.1, 0.15) is 22.3 Å². The van der Waals surface area contributed by atoms with Crippen molar-refractivity contribution in [3.05, 3.63) is 443 Å². The second-order valence-electron chi connectivity index (χ2n) is 36.4. The van der Waals surface area contributed by atoms with Gasteiger partial charge in [-0.1, -0.05) is 340 Å². The van der Waals surface area contributed by atoms with Gasteiger partial charge in [0.2, 0.25) is 0 Å². The highest BCUT2D eigenvalue weighted by Crippen LogP contribution is 2.50. The van der Waals surface area contributed by atoms with E-state index in [-0.39, 0.29) is 0 Å². The normalized spacial score (nSPS) is 11.9. The molecule has 0 aliphatic heterocycles. The molecule has 31 rings (SSSR count). The molecule has 0 amide bonds. The van der Waals surface area contributed by atoms with Gasteiger partial charge in [-0.15, -0.1) is 34.0 Å². The van der Waals surface area contributed by atoms with Crippen LogP contribution in [-0.2, 0) is 0 Å². The van der Waals surface area contributed by atoms with Gasteiger partial charge in [0, 0.05) is 138 Å². The number of hydrogen-bond acceptors (Lipinski definition) is 14. The summed E-state index contributed by atoms with van der Waals surface area (Å²) < 4.78 is 20.3. The summed E-state index contributed by atoms with van der Waals surface area (Å²) in [5.41, 5.74) is 12.0. The molecule has 0 fully saturated rings. The molecule has 14 heteroatoms. The van der Waals surface area contributed by atoms with E-state index in [4.69, 9.17) is 53.7 Å². The Bertz CT molecular complexity index is 10700. The lowest BCUT2D eigenvalue weighted by Gasteiger charge is -2.12.